The Labute approximate surface area is 133 Å². The summed E-state index contributed by atoms with van der Waals surface area (Å²) in [5.41, 5.74) is 4.16. The van der Waals surface area contributed by atoms with Crippen LogP contribution < -0.4 is 0 Å². The predicted octanol–water partition coefficient (Wildman–Crippen LogP) is 4.24. The summed E-state index contributed by atoms with van der Waals surface area (Å²) >= 11 is 0. The Morgan fingerprint density at radius 1 is 1.17 bits per heavy atom. The van der Waals surface area contributed by atoms with Crippen LogP contribution in [0, 0.1) is 18.3 Å². The lowest BCUT2D eigenvalue weighted by Gasteiger charge is -2.21. The summed E-state index contributed by atoms with van der Waals surface area (Å²) in [7, 11) is 0. The Bertz CT molecular complexity index is 891. The summed E-state index contributed by atoms with van der Waals surface area (Å²) < 4.78 is 14.6. The van der Waals surface area contributed by atoms with Gasteiger partial charge in [-0.3, -0.25) is 0 Å². The van der Waals surface area contributed by atoms with Gasteiger partial charge >= 0.3 is 5.97 Å². The quantitative estimate of drug-likeness (QED) is 0.902. The molecule has 1 aliphatic rings. The number of carboxylic acids is 1. The van der Waals surface area contributed by atoms with Crippen molar-refractivity contribution in [1.82, 2.24) is 0 Å². The summed E-state index contributed by atoms with van der Waals surface area (Å²) in [6.45, 7) is 1.83. The van der Waals surface area contributed by atoms with Gasteiger partial charge in [-0.05, 0) is 59.9 Å². The fourth-order valence-electron chi connectivity index (χ4n) is 2.98. The minimum Gasteiger partial charge on any atom is -0.478 e. The molecule has 0 saturated heterocycles. The summed E-state index contributed by atoms with van der Waals surface area (Å²) in [4.78, 5) is 11.2. The maximum Gasteiger partial charge on any atom is 0.335 e. The van der Waals surface area contributed by atoms with Crippen LogP contribution in [0.15, 0.2) is 42.2 Å². The molecule has 1 aliphatic carbocycles. The Morgan fingerprint density at radius 3 is 2.61 bits per heavy atom. The first-order valence-electron chi connectivity index (χ1n) is 7.27. The van der Waals surface area contributed by atoms with E-state index in [0.717, 1.165) is 11.1 Å². The molecule has 0 saturated carbocycles. The van der Waals surface area contributed by atoms with Crippen LogP contribution >= 0.6 is 0 Å². The van der Waals surface area contributed by atoms with Crippen LogP contribution in [0.3, 0.4) is 0 Å². The highest BCUT2D eigenvalue weighted by atomic mass is 19.1. The van der Waals surface area contributed by atoms with Gasteiger partial charge in [-0.15, -0.1) is 0 Å². The highest BCUT2D eigenvalue weighted by Crippen LogP contribution is 2.38. The van der Waals surface area contributed by atoms with Crippen LogP contribution in [0.25, 0.3) is 5.57 Å². The van der Waals surface area contributed by atoms with E-state index >= 15 is 0 Å². The fraction of sp³-hybridized carbons (Fsp3) is 0.158. The number of aryl methyl sites for hydroxylation is 2. The normalized spacial score (nSPS) is 13.4. The second-order valence-electron chi connectivity index (χ2n) is 5.60. The highest BCUT2D eigenvalue weighted by Gasteiger charge is 2.23. The Kier molecular flexibility index (Phi) is 3.71. The van der Waals surface area contributed by atoms with Crippen LogP contribution in [-0.2, 0) is 6.42 Å². The summed E-state index contributed by atoms with van der Waals surface area (Å²) in [6.07, 6.45) is 0.855. The molecule has 0 spiro atoms. The van der Waals surface area contributed by atoms with E-state index < -0.39 is 5.97 Å². The van der Waals surface area contributed by atoms with E-state index in [2.05, 4.69) is 6.07 Å². The van der Waals surface area contributed by atoms with Crippen molar-refractivity contribution >= 4 is 11.5 Å². The fourth-order valence-corrected chi connectivity index (χ4v) is 2.98. The lowest BCUT2D eigenvalue weighted by atomic mass is 9.83. The van der Waals surface area contributed by atoms with Crippen molar-refractivity contribution in [3.63, 3.8) is 0 Å². The van der Waals surface area contributed by atoms with E-state index in [9.17, 15) is 14.3 Å². The molecule has 0 atom stereocenters. The second-order valence-corrected chi connectivity index (χ2v) is 5.60. The number of halogens is 1. The average molecular weight is 307 g/mol. The highest BCUT2D eigenvalue weighted by molar-refractivity contribution is 5.92. The smallest absolute Gasteiger partial charge is 0.335 e. The Balaban J connectivity index is 2.22. The number of fused-ring (bicyclic) bond motifs is 1. The summed E-state index contributed by atoms with van der Waals surface area (Å²) in [6, 6.07) is 12.0. The van der Waals surface area contributed by atoms with Crippen LogP contribution in [-0.4, -0.2) is 11.1 Å². The molecular formula is C19H14FNO2. The number of allylic oxidation sites excluding steroid dienone is 1. The molecule has 0 radical (unpaired) electrons. The molecule has 2 aromatic rings. The van der Waals surface area contributed by atoms with E-state index in [1.807, 2.05) is 6.92 Å². The van der Waals surface area contributed by atoms with Crippen molar-refractivity contribution in [2.45, 2.75) is 19.8 Å². The van der Waals surface area contributed by atoms with Gasteiger partial charge < -0.3 is 5.11 Å². The molecule has 0 bridgehead atoms. The van der Waals surface area contributed by atoms with E-state index in [4.69, 9.17) is 5.26 Å². The molecule has 1 N–H and O–H groups in total. The first kappa shape index (κ1) is 15.0. The molecule has 0 amide bonds. The van der Waals surface area contributed by atoms with Gasteiger partial charge in [-0.25, -0.2) is 9.18 Å². The van der Waals surface area contributed by atoms with Crippen LogP contribution in [0.4, 0.5) is 4.39 Å². The number of hydrogen-bond acceptors (Lipinski definition) is 2. The largest absolute Gasteiger partial charge is 0.478 e. The van der Waals surface area contributed by atoms with E-state index in [1.54, 1.807) is 30.3 Å². The number of aromatic carboxylic acids is 1. The third-order valence-corrected chi connectivity index (χ3v) is 4.14. The molecule has 0 aliphatic heterocycles. The van der Waals surface area contributed by atoms with Crippen molar-refractivity contribution in [2.24, 2.45) is 0 Å². The van der Waals surface area contributed by atoms with Crippen molar-refractivity contribution in [1.29, 1.82) is 5.26 Å². The first-order valence-corrected chi connectivity index (χ1v) is 7.27. The molecule has 4 heteroatoms. The molecule has 3 rings (SSSR count). The molecule has 3 nitrogen and oxygen atoms in total. The third kappa shape index (κ3) is 2.62. The SMILES string of the molecule is Cc1cc(C#N)ccc1C1=C(F)CCc2ccc(C(=O)O)cc21. The third-order valence-electron chi connectivity index (χ3n) is 4.14. The lowest BCUT2D eigenvalue weighted by molar-refractivity contribution is 0.0697. The van der Waals surface area contributed by atoms with Crippen molar-refractivity contribution in [3.8, 4) is 6.07 Å². The van der Waals surface area contributed by atoms with Crippen molar-refractivity contribution in [3.05, 3.63) is 75.6 Å². The van der Waals surface area contributed by atoms with Gasteiger partial charge in [-0.2, -0.15) is 5.26 Å². The van der Waals surface area contributed by atoms with Crippen molar-refractivity contribution in [2.75, 3.05) is 0 Å². The molecule has 0 fully saturated rings. The van der Waals surface area contributed by atoms with E-state index in [0.29, 0.717) is 35.1 Å². The van der Waals surface area contributed by atoms with Gasteiger partial charge in [-0.1, -0.05) is 12.1 Å². The van der Waals surface area contributed by atoms with E-state index in [1.165, 1.54) is 6.07 Å². The number of carbonyl (C=O) groups is 1. The second kappa shape index (κ2) is 5.69. The number of carboxylic acid groups (broad SMARTS) is 1. The predicted molar refractivity (Wildman–Crippen MR) is 84.7 cm³/mol. The van der Waals surface area contributed by atoms with Gasteiger partial charge in [0.15, 0.2) is 0 Å². The molecule has 114 valence electrons. The zero-order valence-electron chi connectivity index (χ0n) is 12.6. The van der Waals surface area contributed by atoms with Crippen LogP contribution in [0.5, 0.6) is 0 Å². The van der Waals surface area contributed by atoms with Crippen LogP contribution in [0.1, 0.15) is 44.6 Å². The lowest BCUT2D eigenvalue weighted by Crippen LogP contribution is -2.08. The summed E-state index contributed by atoms with van der Waals surface area (Å²) in [5, 5.41) is 18.2. The molecule has 23 heavy (non-hydrogen) atoms. The molecule has 0 unspecified atom stereocenters. The first-order chi connectivity index (χ1) is 11.0. The number of benzene rings is 2. The molecule has 0 heterocycles. The number of hydrogen-bond donors (Lipinski definition) is 1. The van der Waals surface area contributed by atoms with Gasteiger partial charge in [0.25, 0.3) is 0 Å². The minimum atomic E-state index is -1.03. The molecular weight excluding hydrogens is 293 g/mol. The van der Waals surface area contributed by atoms with Gasteiger partial charge in [0.05, 0.1) is 17.2 Å². The number of nitriles is 1. The Hall–Kier alpha value is -2.93. The molecule has 0 aromatic heterocycles. The molecule has 2 aromatic carbocycles. The maximum atomic E-state index is 14.6. The zero-order valence-corrected chi connectivity index (χ0v) is 12.6. The Morgan fingerprint density at radius 2 is 1.96 bits per heavy atom. The zero-order chi connectivity index (χ0) is 16.6. The van der Waals surface area contributed by atoms with Crippen LogP contribution in [0.2, 0.25) is 0 Å². The van der Waals surface area contributed by atoms with Gasteiger partial charge in [0, 0.05) is 12.0 Å². The monoisotopic (exact) mass is 307 g/mol. The maximum absolute atomic E-state index is 14.6. The van der Waals surface area contributed by atoms with E-state index in [-0.39, 0.29) is 11.4 Å². The number of rotatable bonds is 2. The topological polar surface area (TPSA) is 61.1 Å². The number of nitrogens with zero attached hydrogens (tertiary/aromatic N) is 1. The average Bonchev–Trinajstić information content (AvgIpc) is 2.54. The summed E-state index contributed by atoms with van der Waals surface area (Å²) in [5.74, 6) is -1.28. The minimum absolute atomic E-state index is 0.141. The van der Waals surface area contributed by atoms with Crippen molar-refractivity contribution < 1.29 is 14.3 Å². The standard InChI is InChI=1S/C19H14FNO2/c1-11-8-12(10-21)2-6-15(11)18-16-9-14(19(22)23)4-3-13(16)5-7-17(18)20/h2-4,6,8-9H,5,7H2,1H3,(H,22,23). The van der Waals surface area contributed by atoms with Gasteiger partial charge in [0.1, 0.15) is 5.83 Å². The van der Waals surface area contributed by atoms with Gasteiger partial charge in [0.2, 0.25) is 0 Å².